The average molecular weight is 284 g/mol. The van der Waals surface area contributed by atoms with E-state index in [0.29, 0.717) is 18.8 Å². The predicted octanol–water partition coefficient (Wildman–Crippen LogP) is 0.0900. The zero-order valence-electron chi connectivity index (χ0n) is 11.6. The molecule has 1 rings (SSSR count). The van der Waals surface area contributed by atoms with Gasteiger partial charge in [-0.3, -0.25) is 9.59 Å². The Morgan fingerprint density at radius 1 is 1.50 bits per heavy atom. The normalized spacial score (nSPS) is 13.8. The van der Waals surface area contributed by atoms with Gasteiger partial charge in [0.25, 0.3) is 5.91 Å². The lowest BCUT2D eigenvalue weighted by molar-refractivity contribution is -0.141. The first-order valence-corrected chi connectivity index (χ1v) is 6.22. The van der Waals surface area contributed by atoms with Gasteiger partial charge in [-0.05, 0) is 19.1 Å². The van der Waals surface area contributed by atoms with Crippen molar-refractivity contribution in [2.75, 3.05) is 20.3 Å². The predicted molar refractivity (Wildman–Crippen MR) is 71.5 cm³/mol. The standard InChI is InChI=1S/C13H20N2O5/c1-13(19,8-11(16)17)9-14-12(18)10-4-3-5-15(10)6-7-20-2/h3-5,19H,6-9H2,1-2H3,(H,14,18)(H,16,17). The Morgan fingerprint density at radius 3 is 2.80 bits per heavy atom. The van der Waals surface area contributed by atoms with E-state index in [4.69, 9.17) is 9.84 Å². The Balaban J connectivity index is 2.59. The number of aliphatic hydroxyl groups is 1. The fraction of sp³-hybridized carbons (Fsp3) is 0.538. The van der Waals surface area contributed by atoms with E-state index in [1.165, 1.54) is 6.92 Å². The summed E-state index contributed by atoms with van der Waals surface area (Å²) in [7, 11) is 1.58. The number of carbonyl (C=O) groups is 2. The summed E-state index contributed by atoms with van der Waals surface area (Å²) in [4.78, 5) is 22.6. The first-order chi connectivity index (χ1) is 9.35. The number of nitrogens with one attached hydrogen (secondary N) is 1. The number of methoxy groups -OCH3 is 1. The number of hydrogen-bond donors (Lipinski definition) is 3. The fourth-order valence-electron chi connectivity index (χ4n) is 1.75. The van der Waals surface area contributed by atoms with Gasteiger partial charge in [-0.2, -0.15) is 0 Å². The van der Waals surface area contributed by atoms with Crippen LogP contribution in [0.4, 0.5) is 0 Å². The lowest BCUT2D eigenvalue weighted by atomic mass is 10.0. The zero-order valence-corrected chi connectivity index (χ0v) is 11.6. The molecule has 7 heteroatoms. The highest BCUT2D eigenvalue weighted by molar-refractivity contribution is 5.92. The molecule has 0 bridgehead atoms. The van der Waals surface area contributed by atoms with E-state index >= 15 is 0 Å². The molecule has 20 heavy (non-hydrogen) atoms. The molecule has 0 fully saturated rings. The van der Waals surface area contributed by atoms with Crippen LogP contribution in [0.3, 0.4) is 0 Å². The Kier molecular flexibility index (Phi) is 5.72. The van der Waals surface area contributed by atoms with Gasteiger partial charge in [-0.1, -0.05) is 0 Å². The number of hydrogen-bond acceptors (Lipinski definition) is 4. The van der Waals surface area contributed by atoms with Crippen molar-refractivity contribution in [3.8, 4) is 0 Å². The number of nitrogens with zero attached hydrogens (tertiary/aromatic N) is 1. The number of carbonyl (C=O) groups excluding carboxylic acids is 1. The van der Waals surface area contributed by atoms with E-state index in [9.17, 15) is 14.7 Å². The highest BCUT2D eigenvalue weighted by atomic mass is 16.5. The first-order valence-electron chi connectivity index (χ1n) is 6.22. The molecule has 112 valence electrons. The van der Waals surface area contributed by atoms with Crippen molar-refractivity contribution in [3.05, 3.63) is 24.0 Å². The van der Waals surface area contributed by atoms with Crippen LogP contribution >= 0.6 is 0 Å². The second-order valence-electron chi connectivity index (χ2n) is 4.83. The quantitative estimate of drug-likeness (QED) is 0.628. The molecule has 7 nitrogen and oxygen atoms in total. The third kappa shape index (κ3) is 5.02. The molecule has 0 spiro atoms. The van der Waals surface area contributed by atoms with Gasteiger partial charge >= 0.3 is 5.97 Å². The van der Waals surface area contributed by atoms with E-state index in [1.807, 2.05) is 0 Å². The molecular weight excluding hydrogens is 264 g/mol. The van der Waals surface area contributed by atoms with Crippen LogP contribution < -0.4 is 5.32 Å². The minimum absolute atomic E-state index is 0.131. The van der Waals surface area contributed by atoms with E-state index in [1.54, 1.807) is 30.0 Å². The summed E-state index contributed by atoms with van der Waals surface area (Å²) in [6, 6.07) is 3.39. The van der Waals surface area contributed by atoms with Gasteiger partial charge in [0.2, 0.25) is 0 Å². The molecule has 1 heterocycles. The van der Waals surface area contributed by atoms with E-state index in [-0.39, 0.29) is 12.5 Å². The van der Waals surface area contributed by atoms with Crippen LogP contribution in [0.5, 0.6) is 0 Å². The lowest BCUT2D eigenvalue weighted by Crippen LogP contribution is -2.42. The summed E-state index contributed by atoms with van der Waals surface area (Å²) in [5, 5.41) is 21.0. The van der Waals surface area contributed by atoms with Gasteiger partial charge in [0.05, 0.1) is 18.6 Å². The van der Waals surface area contributed by atoms with Gasteiger partial charge < -0.3 is 24.8 Å². The third-order valence-corrected chi connectivity index (χ3v) is 2.76. The van der Waals surface area contributed by atoms with Gasteiger partial charge in [-0.25, -0.2) is 0 Å². The molecule has 0 aliphatic heterocycles. The molecule has 1 atom stereocenters. The topological polar surface area (TPSA) is 101 Å². The minimum Gasteiger partial charge on any atom is -0.481 e. The van der Waals surface area contributed by atoms with Gasteiger partial charge in [-0.15, -0.1) is 0 Å². The minimum atomic E-state index is -1.48. The van der Waals surface area contributed by atoms with Crippen LogP contribution in [0.2, 0.25) is 0 Å². The summed E-state index contributed by atoms with van der Waals surface area (Å²) in [5.74, 6) is -1.48. The van der Waals surface area contributed by atoms with E-state index in [0.717, 1.165) is 0 Å². The Labute approximate surface area is 117 Å². The van der Waals surface area contributed by atoms with Crippen LogP contribution in [0.25, 0.3) is 0 Å². The molecule has 3 N–H and O–H groups in total. The Bertz CT molecular complexity index is 467. The van der Waals surface area contributed by atoms with Crippen molar-refractivity contribution in [2.45, 2.75) is 25.5 Å². The molecule has 0 aromatic carbocycles. The zero-order chi connectivity index (χ0) is 15.2. The average Bonchev–Trinajstić information content (AvgIpc) is 2.80. The lowest BCUT2D eigenvalue weighted by Gasteiger charge is -2.21. The van der Waals surface area contributed by atoms with Crippen molar-refractivity contribution in [1.82, 2.24) is 9.88 Å². The smallest absolute Gasteiger partial charge is 0.306 e. The van der Waals surface area contributed by atoms with Crippen LogP contribution in [-0.4, -0.2) is 52.5 Å². The third-order valence-electron chi connectivity index (χ3n) is 2.76. The highest BCUT2D eigenvalue weighted by Crippen LogP contribution is 2.08. The summed E-state index contributed by atoms with van der Waals surface area (Å²) < 4.78 is 6.68. The number of aromatic nitrogens is 1. The molecular formula is C13H20N2O5. The van der Waals surface area contributed by atoms with Crippen molar-refractivity contribution in [2.24, 2.45) is 0 Å². The fourth-order valence-corrected chi connectivity index (χ4v) is 1.75. The monoisotopic (exact) mass is 284 g/mol. The Morgan fingerprint density at radius 2 is 2.20 bits per heavy atom. The van der Waals surface area contributed by atoms with Crippen molar-refractivity contribution < 1.29 is 24.5 Å². The number of amides is 1. The van der Waals surface area contributed by atoms with Crippen LogP contribution in [0.1, 0.15) is 23.8 Å². The van der Waals surface area contributed by atoms with Crippen LogP contribution in [-0.2, 0) is 16.1 Å². The SMILES string of the molecule is COCCn1cccc1C(=O)NCC(C)(O)CC(=O)O. The van der Waals surface area contributed by atoms with Crippen LogP contribution in [0, 0.1) is 0 Å². The maximum atomic E-state index is 12.0. The number of rotatable bonds is 8. The van der Waals surface area contributed by atoms with Gasteiger partial charge in [0, 0.05) is 26.4 Å². The highest BCUT2D eigenvalue weighted by Gasteiger charge is 2.25. The van der Waals surface area contributed by atoms with E-state index < -0.39 is 18.0 Å². The maximum absolute atomic E-state index is 12.0. The summed E-state index contributed by atoms with van der Waals surface area (Å²) in [6.07, 6.45) is 1.32. The molecule has 0 saturated carbocycles. The van der Waals surface area contributed by atoms with Gasteiger partial charge in [0.1, 0.15) is 5.69 Å². The number of ether oxygens (including phenoxy) is 1. The summed E-state index contributed by atoms with van der Waals surface area (Å²) in [6.45, 7) is 2.25. The Hall–Kier alpha value is -1.86. The molecule has 1 aromatic heterocycles. The summed E-state index contributed by atoms with van der Waals surface area (Å²) >= 11 is 0. The van der Waals surface area contributed by atoms with Crippen LogP contribution in [0.15, 0.2) is 18.3 Å². The molecule has 0 saturated heterocycles. The second kappa shape index (κ2) is 7.06. The molecule has 0 aliphatic rings. The molecule has 0 aliphatic carbocycles. The van der Waals surface area contributed by atoms with Crippen molar-refractivity contribution >= 4 is 11.9 Å². The van der Waals surface area contributed by atoms with Gasteiger partial charge in [0.15, 0.2) is 0 Å². The first kappa shape index (κ1) is 16.2. The second-order valence-corrected chi connectivity index (χ2v) is 4.83. The molecule has 0 radical (unpaired) electrons. The number of carboxylic acids is 1. The van der Waals surface area contributed by atoms with Crippen molar-refractivity contribution in [3.63, 3.8) is 0 Å². The molecule has 1 unspecified atom stereocenters. The number of carboxylic acid groups (broad SMARTS) is 1. The van der Waals surface area contributed by atoms with Crippen molar-refractivity contribution in [1.29, 1.82) is 0 Å². The van der Waals surface area contributed by atoms with E-state index in [2.05, 4.69) is 5.32 Å². The maximum Gasteiger partial charge on any atom is 0.306 e. The number of aliphatic carboxylic acids is 1. The molecule has 1 aromatic rings. The summed E-state index contributed by atoms with van der Waals surface area (Å²) in [5.41, 5.74) is -1.04. The molecule has 1 amide bonds. The largest absolute Gasteiger partial charge is 0.481 e.